The molecular weight excluding hydrogens is 431 g/mol. The molecule has 0 saturated carbocycles. The summed E-state index contributed by atoms with van der Waals surface area (Å²) in [6.07, 6.45) is 0.365. The van der Waals surface area contributed by atoms with E-state index in [4.69, 9.17) is 22.1 Å². The van der Waals surface area contributed by atoms with Crippen LogP contribution < -0.4 is 21.3 Å². The third-order valence-electron chi connectivity index (χ3n) is 5.03. The lowest BCUT2D eigenvalue weighted by molar-refractivity contribution is -0.125. The van der Waals surface area contributed by atoms with Crippen LogP contribution in [0.4, 0.5) is 4.39 Å². The van der Waals surface area contributed by atoms with Crippen LogP contribution in [0.1, 0.15) is 21.5 Å². The molecule has 0 radical (unpaired) electrons. The molecule has 11 heteroatoms. The summed E-state index contributed by atoms with van der Waals surface area (Å²) in [5.41, 5.74) is 5.24. The number of aromatic nitrogens is 2. The van der Waals surface area contributed by atoms with Crippen molar-refractivity contribution in [3.63, 3.8) is 0 Å². The summed E-state index contributed by atoms with van der Waals surface area (Å²) in [6.45, 7) is -0.255. The normalized spacial score (nSPS) is 14.9. The number of amides is 2. The maximum atomic E-state index is 13.5. The van der Waals surface area contributed by atoms with Crippen molar-refractivity contribution >= 4 is 34.4 Å². The number of nitrogens with two attached hydrogens (primary N) is 1. The minimum atomic E-state index is -1.19. The molecule has 1 aromatic carbocycles. The smallest absolute Gasteiger partial charge is 0.268 e. The van der Waals surface area contributed by atoms with Crippen LogP contribution >= 0.6 is 11.6 Å². The molecule has 3 heterocycles. The number of carbonyl (C=O) groups excluding carboxylic acids is 2. The zero-order valence-corrected chi connectivity index (χ0v) is 16.9. The topological polar surface area (TPSA) is 137 Å². The summed E-state index contributed by atoms with van der Waals surface area (Å²) in [5, 5.41) is 12.8. The molecule has 1 aliphatic heterocycles. The lowest BCUT2D eigenvalue weighted by atomic mass is 10.0. The number of hydrogen-bond donors (Lipinski definition) is 3. The van der Waals surface area contributed by atoms with Gasteiger partial charge in [0.05, 0.1) is 11.6 Å². The van der Waals surface area contributed by atoms with Gasteiger partial charge in [-0.15, -0.1) is 0 Å². The van der Waals surface area contributed by atoms with Crippen LogP contribution in [0.3, 0.4) is 0 Å². The van der Waals surface area contributed by atoms with Crippen LogP contribution in [0.2, 0.25) is 5.02 Å². The van der Waals surface area contributed by atoms with Gasteiger partial charge in [0.2, 0.25) is 0 Å². The van der Waals surface area contributed by atoms with Crippen molar-refractivity contribution in [1.29, 1.82) is 0 Å². The number of benzene rings is 1. The zero-order valence-electron chi connectivity index (χ0n) is 16.1. The van der Waals surface area contributed by atoms with Crippen molar-refractivity contribution in [2.45, 2.75) is 19.1 Å². The standard InChI is InChI=1S/C20H16ClFN4O5/c1-24-19(29)13-16(27)14-15-17(31-12(18(23)28)7-26(15)20(13)30)9(6-25-14)4-8-2-3-11(22)10(21)5-8/h2-3,5-6,12,27H,4,7H2,1H3,(H2,23,28)(H,24,29). The van der Waals surface area contributed by atoms with Gasteiger partial charge in [-0.25, -0.2) is 4.39 Å². The Bertz CT molecular complexity index is 1320. The first kappa shape index (κ1) is 20.6. The molecule has 31 heavy (non-hydrogen) atoms. The Morgan fingerprint density at radius 2 is 2.19 bits per heavy atom. The highest BCUT2D eigenvalue weighted by Gasteiger charge is 2.33. The van der Waals surface area contributed by atoms with E-state index < -0.39 is 40.6 Å². The van der Waals surface area contributed by atoms with Crippen molar-refractivity contribution in [2.75, 3.05) is 7.05 Å². The number of nitrogens with one attached hydrogen (secondary N) is 1. The number of aromatic hydroxyl groups is 1. The maximum Gasteiger partial charge on any atom is 0.268 e. The number of rotatable bonds is 4. The molecule has 1 aliphatic rings. The molecule has 160 valence electrons. The Labute approximate surface area is 179 Å². The molecule has 0 bridgehead atoms. The van der Waals surface area contributed by atoms with Crippen molar-refractivity contribution in [2.24, 2.45) is 5.73 Å². The fourth-order valence-corrected chi connectivity index (χ4v) is 3.73. The number of carbonyl (C=O) groups is 2. The van der Waals surface area contributed by atoms with E-state index in [-0.39, 0.29) is 34.8 Å². The van der Waals surface area contributed by atoms with Gasteiger partial charge in [0, 0.05) is 25.2 Å². The second-order valence-corrected chi connectivity index (χ2v) is 7.37. The summed E-state index contributed by atoms with van der Waals surface area (Å²) in [5.74, 6) is -2.68. The van der Waals surface area contributed by atoms with Crippen LogP contribution in [0, 0.1) is 5.82 Å². The Morgan fingerprint density at radius 1 is 1.45 bits per heavy atom. The van der Waals surface area contributed by atoms with Gasteiger partial charge in [-0.3, -0.25) is 23.9 Å². The molecule has 9 nitrogen and oxygen atoms in total. The average molecular weight is 447 g/mol. The Kier molecular flexibility index (Phi) is 5.02. The van der Waals surface area contributed by atoms with E-state index in [1.165, 1.54) is 31.4 Å². The minimum Gasteiger partial charge on any atom is -0.505 e. The van der Waals surface area contributed by atoms with Crippen molar-refractivity contribution in [1.82, 2.24) is 14.9 Å². The van der Waals surface area contributed by atoms with Gasteiger partial charge < -0.3 is 20.9 Å². The number of hydrogen-bond acceptors (Lipinski definition) is 6. The minimum absolute atomic E-state index is 0.0444. The monoisotopic (exact) mass is 446 g/mol. The summed E-state index contributed by atoms with van der Waals surface area (Å²) in [4.78, 5) is 41.2. The number of nitrogens with zero attached hydrogens (tertiary/aromatic N) is 2. The van der Waals surface area contributed by atoms with E-state index in [1.54, 1.807) is 0 Å². The fourth-order valence-electron chi connectivity index (χ4n) is 3.53. The SMILES string of the molecule is CNC(=O)c1c(O)c2ncc(Cc3ccc(F)c(Cl)c3)c3c2n(c1=O)CC(C(N)=O)O3. The van der Waals surface area contributed by atoms with Crippen molar-refractivity contribution in [3.05, 3.63) is 62.3 Å². The predicted molar refractivity (Wildman–Crippen MR) is 109 cm³/mol. The van der Waals surface area contributed by atoms with Crippen LogP contribution in [-0.2, 0) is 17.8 Å². The van der Waals surface area contributed by atoms with E-state index >= 15 is 0 Å². The second kappa shape index (κ2) is 7.55. The molecule has 4 N–H and O–H groups in total. The van der Waals surface area contributed by atoms with Gasteiger partial charge in [-0.2, -0.15) is 0 Å². The van der Waals surface area contributed by atoms with E-state index in [9.17, 15) is 23.9 Å². The summed E-state index contributed by atoms with van der Waals surface area (Å²) < 4.78 is 20.4. The first-order valence-electron chi connectivity index (χ1n) is 9.12. The van der Waals surface area contributed by atoms with Crippen molar-refractivity contribution < 1.29 is 23.8 Å². The Hall–Kier alpha value is -3.66. The summed E-state index contributed by atoms with van der Waals surface area (Å²) in [7, 11) is 1.31. The molecule has 4 rings (SSSR count). The van der Waals surface area contributed by atoms with Gasteiger partial charge >= 0.3 is 0 Å². The lowest BCUT2D eigenvalue weighted by Crippen LogP contribution is -2.44. The van der Waals surface area contributed by atoms with E-state index in [2.05, 4.69) is 10.3 Å². The highest BCUT2D eigenvalue weighted by Crippen LogP contribution is 2.37. The Morgan fingerprint density at radius 3 is 2.84 bits per heavy atom. The molecule has 1 atom stereocenters. The Balaban J connectivity index is 1.98. The molecule has 0 aliphatic carbocycles. The van der Waals surface area contributed by atoms with Crippen LogP contribution in [0.15, 0.2) is 29.2 Å². The number of halogens is 2. The molecular formula is C20H16ClFN4O5. The third kappa shape index (κ3) is 3.34. The van der Waals surface area contributed by atoms with Gasteiger partial charge in [-0.05, 0) is 17.7 Å². The van der Waals surface area contributed by atoms with Gasteiger partial charge in [0.1, 0.15) is 22.4 Å². The first-order chi connectivity index (χ1) is 14.7. The first-order valence-corrected chi connectivity index (χ1v) is 9.50. The average Bonchev–Trinajstić information content (AvgIpc) is 2.74. The molecule has 2 amide bonds. The predicted octanol–water partition coefficient (Wildman–Crippen LogP) is 1.09. The quantitative estimate of drug-likeness (QED) is 0.548. The highest BCUT2D eigenvalue weighted by molar-refractivity contribution is 6.30. The largest absolute Gasteiger partial charge is 0.505 e. The van der Waals surface area contributed by atoms with E-state index in [0.717, 1.165) is 4.57 Å². The number of ether oxygens (including phenoxy) is 1. The van der Waals surface area contributed by atoms with Crippen LogP contribution in [0.5, 0.6) is 11.5 Å². The maximum absolute atomic E-state index is 13.5. The second-order valence-electron chi connectivity index (χ2n) is 6.96. The fraction of sp³-hybridized carbons (Fsp3) is 0.200. The van der Waals surface area contributed by atoms with Gasteiger partial charge in [-0.1, -0.05) is 17.7 Å². The van der Waals surface area contributed by atoms with Gasteiger partial charge in [0.15, 0.2) is 17.6 Å². The lowest BCUT2D eigenvalue weighted by Gasteiger charge is -2.28. The van der Waals surface area contributed by atoms with Crippen molar-refractivity contribution in [3.8, 4) is 11.5 Å². The molecule has 2 aromatic heterocycles. The molecule has 1 unspecified atom stereocenters. The number of pyridine rings is 2. The van der Waals surface area contributed by atoms with E-state index in [1.807, 2.05) is 0 Å². The highest BCUT2D eigenvalue weighted by atomic mass is 35.5. The molecule has 0 fully saturated rings. The third-order valence-corrected chi connectivity index (χ3v) is 5.32. The van der Waals surface area contributed by atoms with Gasteiger partial charge in [0.25, 0.3) is 17.4 Å². The number of primary amides is 1. The summed E-state index contributed by atoms with van der Waals surface area (Å²) in [6, 6.07) is 4.16. The molecule has 0 saturated heterocycles. The summed E-state index contributed by atoms with van der Waals surface area (Å²) >= 11 is 5.85. The van der Waals surface area contributed by atoms with E-state index in [0.29, 0.717) is 11.1 Å². The zero-order chi connectivity index (χ0) is 22.4. The molecule has 0 spiro atoms. The van der Waals surface area contributed by atoms with Crippen LogP contribution in [-0.4, -0.2) is 39.6 Å². The van der Waals surface area contributed by atoms with Crippen LogP contribution in [0.25, 0.3) is 11.0 Å². The molecule has 3 aromatic rings.